The Labute approximate surface area is 200 Å². The zero-order chi connectivity index (χ0) is 23.9. The third kappa shape index (κ3) is 4.14. The zero-order valence-electron chi connectivity index (χ0n) is 19.8. The second-order valence-corrected chi connectivity index (χ2v) is 9.34. The zero-order valence-corrected chi connectivity index (χ0v) is 19.8. The summed E-state index contributed by atoms with van der Waals surface area (Å²) in [6, 6.07) is 15.7. The molecule has 2 saturated heterocycles. The van der Waals surface area contributed by atoms with Crippen molar-refractivity contribution < 1.29 is 28.5 Å². The van der Waals surface area contributed by atoms with Crippen molar-refractivity contribution in [1.82, 2.24) is 4.90 Å². The van der Waals surface area contributed by atoms with Gasteiger partial charge in [-0.3, -0.25) is 4.79 Å². The highest BCUT2D eigenvalue weighted by Gasteiger charge is 2.53. The molecule has 2 fully saturated rings. The molecule has 180 valence electrons. The molecule has 2 aliphatic heterocycles. The molecule has 2 aromatic carbocycles. The summed E-state index contributed by atoms with van der Waals surface area (Å²) in [5, 5.41) is 0. The Morgan fingerprint density at radius 3 is 2.71 bits per heavy atom. The topological polar surface area (TPSA) is 66.5 Å². The molecule has 2 heterocycles. The SMILES string of the molecule is C=C[C@@H]1O[C@H](c2ccc(OC)cc2)OC[C@H]1OCC(=O)N1[C@@H]2c3ccccc3C[C@@H]2OC1(C)C. The van der Waals surface area contributed by atoms with E-state index in [1.807, 2.05) is 55.1 Å². The van der Waals surface area contributed by atoms with Crippen LogP contribution in [0.25, 0.3) is 0 Å². The fourth-order valence-electron chi connectivity index (χ4n) is 5.25. The lowest BCUT2D eigenvalue weighted by Gasteiger charge is -2.37. The molecule has 0 saturated carbocycles. The lowest BCUT2D eigenvalue weighted by molar-refractivity contribution is -0.253. The summed E-state index contributed by atoms with van der Waals surface area (Å²) in [6.45, 7) is 7.96. The Bertz CT molecular complexity index is 1050. The molecule has 0 unspecified atom stereocenters. The van der Waals surface area contributed by atoms with E-state index in [4.69, 9.17) is 23.7 Å². The van der Waals surface area contributed by atoms with Crippen LogP contribution in [0, 0.1) is 0 Å². The van der Waals surface area contributed by atoms with Gasteiger partial charge in [-0.2, -0.15) is 0 Å². The smallest absolute Gasteiger partial charge is 0.251 e. The summed E-state index contributed by atoms with van der Waals surface area (Å²) in [6.07, 6.45) is 1.09. The molecule has 5 rings (SSSR count). The van der Waals surface area contributed by atoms with Gasteiger partial charge in [0.2, 0.25) is 0 Å². The van der Waals surface area contributed by atoms with Crippen molar-refractivity contribution in [2.24, 2.45) is 0 Å². The summed E-state index contributed by atoms with van der Waals surface area (Å²) in [4.78, 5) is 15.2. The van der Waals surface area contributed by atoms with Gasteiger partial charge in [-0.25, -0.2) is 0 Å². The van der Waals surface area contributed by atoms with Crippen LogP contribution in [0.3, 0.4) is 0 Å². The van der Waals surface area contributed by atoms with E-state index in [-0.39, 0.29) is 31.3 Å². The monoisotopic (exact) mass is 465 g/mol. The molecule has 0 spiro atoms. The first-order chi connectivity index (χ1) is 16.4. The van der Waals surface area contributed by atoms with Crippen LogP contribution in [0.1, 0.15) is 42.9 Å². The van der Waals surface area contributed by atoms with Gasteiger partial charge < -0.3 is 28.6 Å². The maximum atomic E-state index is 13.4. The van der Waals surface area contributed by atoms with E-state index >= 15 is 0 Å². The third-order valence-electron chi connectivity index (χ3n) is 6.81. The van der Waals surface area contributed by atoms with E-state index in [0.29, 0.717) is 0 Å². The van der Waals surface area contributed by atoms with Crippen molar-refractivity contribution >= 4 is 5.91 Å². The van der Waals surface area contributed by atoms with Crippen LogP contribution in [-0.4, -0.2) is 55.2 Å². The van der Waals surface area contributed by atoms with Crippen molar-refractivity contribution in [2.75, 3.05) is 20.3 Å². The number of hydrogen-bond acceptors (Lipinski definition) is 6. The highest BCUT2D eigenvalue weighted by atomic mass is 16.7. The van der Waals surface area contributed by atoms with Crippen LogP contribution >= 0.6 is 0 Å². The van der Waals surface area contributed by atoms with Crippen molar-refractivity contribution in [3.63, 3.8) is 0 Å². The first kappa shape index (κ1) is 23.1. The number of methoxy groups -OCH3 is 1. The second kappa shape index (κ2) is 9.15. The Hall–Kier alpha value is -2.71. The number of benzene rings is 2. The fraction of sp³-hybridized carbons (Fsp3) is 0.444. The van der Waals surface area contributed by atoms with Gasteiger partial charge in [-0.15, -0.1) is 6.58 Å². The Balaban J connectivity index is 1.24. The molecule has 34 heavy (non-hydrogen) atoms. The van der Waals surface area contributed by atoms with Gasteiger partial charge in [-0.1, -0.05) is 42.5 Å². The third-order valence-corrected chi connectivity index (χ3v) is 6.81. The number of rotatable bonds is 6. The first-order valence-electron chi connectivity index (χ1n) is 11.6. The minimum atomic E-state index is -0.708. The molecular formula is C27H31NO6. The maximum absolute atomic E-state index is 13.4. The molecule has 0 bridgehead atoms. The van der Waals surface area contributed by atoms with Gasteiger partial charge in [0.15, 0.2) is 6.29 Å². The Kier molecular flexibility index (Phi) is 6.20. The van der Waals surface area contributed by atoms with Gasteiger partial charge in [0.25, 0.3) is 5.91 Å². The molecule has 2 aromatic rings. The van der Waals surface area contributed by atoms with Crippen molar-refractivity contribution in [3.8, 4) is 5.75 Å². The first-order valence-corrected chi connectivity index (χ1v) is 11.6. The average Bonchev–Trinajstić information content (AvgIpc) is 3.32. The van der Waals surface area contributed by atoms with Crippen molar-refractivity contribution in [3.05, 3.63) is 77.9 Å². The number of carbonyl (C=O) groups is 1. The fourth-order valence-corrected chi connectivity index (χ4v) is 5.25. The van der Waals surface area contributed by atoms with Crippen molar-refractivity contribution in [2.45, 2.75) is 56.6 Å². The quantitative estimate of drug-likeness (QED) is 0.602. The summed E-state index contributed by atoms with van der Waals surface area (Å²) in [5.41, 5.74) is 2.56. The lowest BCUT2D eigenvalue weighted by atomic mass is 10.1. The summed E-state index contributed by atoms with van der Waals surface area (Å²) >= 11 is 0. The molecule has 0 radical (unpaired) electrons. The molecular weight excluding hydrogens is 434 g/mol. The highest BCUT2D eigenvalue weighted by molar-refractivity contribution is 5.79. The number of ether oxygens (including phenoxy) is 5. The predicted octanol–water partition coefficient (Wildman–Crippen LogP) is 3.94. The summed E-state index contributed by atoms with van der Waals surface area (Å²) in [7, 11) is 1.63. The van der Waals surface area contributed by atoms with Crippen LogP contribution < -0.4 is 4.74 Å². The Morgan fingerprint density at radius 2 is 1.97 bits per heavy atom. The number of nitrogens with zero attached hydrogens (tertiary/aromatic N) is 1. The molecule has 7 heteroatoms. The number of hydrogen-bond donors (Lipinski definition) is 0. The van der Waals surface area contributed by atoms with Gasteiger partial charge in [0, 0.05) is 12.0 Å². The van der Waals surface area contributed by atoms with E-state index in [0.717, 1.165) is 23.3 Å². The molecule has 1 aliphatic carbocycles. The largest absolute Gasteiger partial charge is 0.497 e. The van der Waals surface area contributed by atoms with Crippen LogP contribution in [0.15, 0.2) is 61.2 Å². The van der Waals surface area contributed by atoms with Gasteiger partial charge >= 0.3 is 0 Å². The van der Waals surface area contributed by atoms with Crippen LogP contribution in [-0.2, 0) is 30.2 Å². The normalized spacial score (nSPS) is 29.4. The molecule has 0 aromatic heterocycles. The van der Waals surface area contributed by atoms with Crippen LogP contribution in [0.2, 0.25) is 0 Å². The molecule has 0 N–H and O–H groups in total. The average molecular weight is 466 g/mol. The molecule has 3 aliphatic rings. The standard InChI is InChI=1S/C27H31NO6/c1-5-21-23(15-32-26(33-21)17-10-12-19(30-4)13-11-17)31-16-24(29)28-25-20-9-7-6-8-18(20)14-22(25)34-27(28,2)3/h5-13,21-23,25-26H,1,14-16H2,2-4H3/t21-,22-,23+,25+,26+/m0/s1. The molecule has 5 atom stereocenters. The van der Waals surface area contributed by atoms with Gasteiger partial charge in [-0.05, 0) is 37.1 Å². The second-order valence-electron chi connectivity index (χ2n) is 9.34. The van der Waals surface area contributed by atoms with E-state index in [1.165, 1.54) is 5.56 Å². The number of carbonyl (C=O) groups excluding carboxylic acids is 1. The maximum Gasteiger partial charge on any atom is 0.251 e. The summed E-state index contributed by atoms with van der Waals surface area (Å²) < 4.78 is 29.5. The van der Waals surface area contributed by atoms with E-state index in [2.05, 4.69) is 18.7 Å². The van der Waals surface area contributed by atoms with Gasteiger partial charge in [0.05, 0.1) is 25.9 Å². The highest BCUT2D eigenvalue weighted by Crippen LogP contribution is 2.48. The van der Waals surface area contributed by atoms with E-state index < -0.39 is 24.2 Å². The van der Waals surface area contributed by atoms with E-state index in [1.54, 1.807) is 13.2 Å². The molecule has 7 nitrogen and oxygen atoms in total. The minimum Gasteiger partial charge on any atom is -0.497 e. The number of amides is 1. The molecule has 1 amide bonds. The van der Waals surface area contributed by atoms with E-state index in [9.17, 15) is 4.79 Å². The van der Waals surface area contributed by atoms with Crippen LogP contribution in [0.5, 0.6) is 5.75 Å². The Morgan fingerprint density at radius 1 is 1.21 bits per heavy atom. The predicted molar refractivity (Wildman–Crippen MR) is 125 cm³/mol. The van der Waals surface area contributed by atoms with Crippen LogP contribution in [0.4, 0.5) is 0 Å². The minimum absolute atomic E-state index is 0.0381. The number of fused-ring (bicyclic) bond motifs is 3. The lowest BCUT2D eigenvalue weighted by Crippen LogP contribution is -2.48. The van der Waals surface area contributed by atoms with Crippen molar-refractivity contribution in [1.29, 1.82) is 0 Å². The van der Waals surface area contributed by atoms with Gasteiger partial charge in [0.1, 0.15) is 30.3 Å². The summed E-state index contributed by atoms with van der Waals surface area (Å²) in [5.74, 6) is 0.648.